The topological polar surface area (TPSA) is 53.6 Å². The number of carbonyl (C=O) groups is 1. The van der Waals surface area contributed by atoms with E-state index in [4.69, 9.17) is 17.0 Å². The first-order chi connectivity index (χ1) is 13.1. The molecule has 0 bridgehead atoms. The quantitative estimate of drug-likeness (QED) is 0.395. The fraction of sp³-hybridized carbons (Fsp3) is 0.619. The van der Waals surface area contributed by atoms with E-state index in [0.29, 0.717) is 17.3 Å². The number of benzene rings is 1. The molecule has 0 aromatic heterocycles. The number of piperidine rings is 1. The number of hydrogen-bond donors (Lipinski definition) is 2. The van der Waals surface area contributed by atoms with Gasteiger partial charge in [0.15, 0.2) is 5.11 Å². The molecule has 1 aromatic rings. The summed E-state index contributed by atoms with van der Waals surface area (Å²) in [5.41, 5.74) is 2.25. The molecule has 0 radical (unpaired) electrons. The van der Waals surface area contributed by atoms with Crippen LogP contribution in [-0.4, -0.2) is 48.3 Å². The van der Waals surface area contributed by atoms with Crippen molar-refractivity contribution in [3.8, 4) is 0 Å². The first kappa shape index (κ1) is 21.6. The predicted octanol–water partition coefficient (Wildman–Crippen LogP) is 4.11. The van der Waals surface area contributed by atoms with Crippen molar-refractivity contribution < 1.29 is 9.53 Å². The van der Waals surface area contributed by atoms with Crippen molar-refractivity contribution >= 4 is 29.0 Å². The van der Waals surface area contributed by atoms with Gasteiger partial charge >= 0.3 is 5.97 Å². The molecule has 0 unspecified atom stereocenters. The molecule has 1 aliphatic rings. The van der Waals surface area contributed by atoms with Gasteiger partial charge in [-0.05, 0) is 76.0 Å². The molecule has 5 nitrogen and oxygen atoms in total. The van der Waals surface area contributed by atoms with E-state index in [-0.39, 0.29) is 5.97 Å². The average molecular weight is 392 g/mol. The Bertz CT molecular complexity index is 636. The summed E-state index contributed by atoms with van der Waals surface area (Å²) >= 11 is 5.42. The molecule has 0 amide bonds. The maximum atomic E-state index is 12.0. The first-order valence-electron chi connectivity index (χ1n) is 10.1. The molecule has 1 saturated heterocycles. The van der Waals surface area contributed by atoms with E-state index >= 15 is 0 Å². The van der Waals surface area contributed by atoms with Crippen LogP contribution in [0, 0.1) is 6.92 Å². The molecule has 1 fully saturated rings. The standard InChI is InChI=1S/C21H33N3O2S/c1-4-17-10-6-7-14-24(17)15-9-13-22-21(27)23-19-12-8-11-18(16(19)3)20(25)26-5-2/h8,11-12,17H,4-7,9-10,13-15H2,1-3H3,(H2,22,23,27)/t17-/m1/s1. The van der Waals surface area contributed by atoms with Gasteiger partial charge in [-0.1, -0.05) is 19.4 Å². The number of hydrogen-bond acceptors (Lipinski definition) is 4. The molecular formula is C21H33N3O2S. The maximum Gasteiger partial charge on any atom is 0.338 e. The van der Waals surface area contributed by atoms with Gasteiger partial charge in [-0.2, -0.15) is 0 Å². The molecule has 2 rings (SSSR count). The van der Waals surface area contributed by atoms with Gasteiger partial charge in [-0.15, -0.1) is 0 Å². The highest BCUT2D eigenvalue weighted by Gasteiger charge is 2.19. The minimum Gasteiger partial charge on any atom is -0.462 e. The third-order valence-electron chi connectivity index (χ3n) is 5.21. The molecule has 1 aliphatic heterocycles. The van der Waals surface area contributed by atoms with Crippen molar-refractivity contribution in [1.82, 2.24) is 10.2 Å². The fourth-order valence-electron chi connectivity index (χ4n) is 3.67. The largest absolute Gasteiger partial charge is 0.462 e. The zero-order valence-corrected chi connectivity index (χ0v) is 17.7. The molecular weight excluding hydrogens is 358 g/mol. The van der Waals surface area contributed by atoms with E-state index in [2.05, 4.69) is 22.5 Å². The van der Waals surface area contributed by atoms with Gasteiger partial charge < -0.3 is 20.3 Å². The summed E-state index contributed by atoms with van der Waals surface area (Å²) in [5.74, 6) is -0.301. The number of rotatable bonds is 8. The lowest BCUT2D eigenvalue weighted by Gasteiger charge is -2.35. The number of ether oxygens (including phenoxy) is 1. The van der Waals surface area contributed by atoms with Crippen molar-refractivity contribution in [2.24, 2.45) is 0 Å². The van der Waals surface area contributed by atoms with Crippen LogP contribution in [-0.2, 0) is 4.74 Å². The highest BCUT2D eigenvalue weighted by Crippen LogP contribution is 2.20. The van der Waals surface area contributed by atoms with E-state index < -0.39 is 0 Å². The Morgan fingerprint density at radius 1 is 1.33 bits per heavy atom. The average Bonchev–Trinajstić information content (AvgIpc) is 2.67. The Morgan fingerprint density at radius 3 is 2.89 bits per heavy atom. The lowest BCUT2D eigenvalue weighted by atomic mass is 10.00. The Balaban J connectivity index is 1.79. The minimum absolute atomic E-state index is 0.301. The Hall–Kier alpha value is -1.66. The van der Waals surface area contributed by atoms with Crippen LogP contribution in [0.3, 0.4) is 0 Å². The summed E-state index contributed by atoms with van der Waals surface area (Å²) in [4.78, 5) is 14.6. The van der Waals surface area contributed by atoms with Crippen molar-refractivity contribution in [3.05, 3.63) is 29.3 Å². The van der Waals surface area contributed by atoms with Crippen molar-refractivity contribution in [1.29, 1.82) is 0 Å². The summed E-state index contributed by atoms with van der Waals surface area (Å²) in [7, 11) is 0. The van der Waals surface area contributed by atoms with Crippen LogP contribution in [0.4, 0.5) is 5.69 Å². The molecule has 27 heavy (non-hydrogen) atoms. The van der Waals surface area contributed by atoms with Crippen LogP contribution < -0.4 is 10.6 Å². The summed E-state index contributed by atoms with van der Waals surface area (Å²) < 4.78 is 5.10. The van der Waals surface area contributed by atoms with Crippen LogP contribution in [0.15, 0.2) is 18.2 Å². The summed E-state index contributed by atoms with van der Waals surface area (Å²) in [6.45, 7) is 9.54. The highest BCUT2D eigenvalue weighted by atomic mass is 32.1. The van der Waals surface area contributed by atoms with Gasteiger partial charge in [0.1, 0.15) is 0 Å². The smallest absolute Gasteiger partial charge is 0.338 e. The van der Waals surface area contributed by atoms with Gasteiger partial charge in [0.05, 0.1) is 12.2 Å². The predicted molar refractivity (Wildman–Crippen MR) is 115 cm³/mol. The Morgan fingerprint density at radius 2 is 2.15 bits per heavy atom. The van der Waals surface area contributed by atoms with E-state index in [1.807, 2.05) is 19.1 Å². The zero-order valence-electron chi connectivity index (χ0n) is 16.8. The molecule has 0 saturated carbocycles. The second-order valence-corrected chi connectivity index (χ2v) is 7.44. The fourth-order valence-corrected chi connectivity index (χ4v) is 3.88. The van der Waals surface area contributed by atoms with Gasteiger partial charge in [-0.3, -0.25) is 0 Å². The Kier molecular flexibility index (Phi) is 9.01. The first-order valence-corrected chi connectivity index (χ1v) is 10.5. The summed E-state index contributed by atoms with van der Waals surface area (Å²) in [6.07, 6.45) is 6.33. The van der Waals surface area contributed by atoms with Gasteiger partial charge in [0.2, 0.25) is 0 Å². The number of anilines is 1. The molecule has 0 aliphatic carbocycles. The monoisotopic (exact) mass is 391 g/mol. The number of nitrogens with zero attached hydrogens (tertiary/aromatic N) is 1. The molecule has 1 heterocycles. The third-order valence-corrected chi connectivity index (χ3v) is 5.45. The number of thiocarbonyl (C=S) groups is 1. The Labute approximate surface area is 168 Å². The molecule has 1 aromatic carbocycles. The van der Waals surface area contributed by atoms with E-state index in [1.165, 1.54) is 32.2 Å². The van der Waals surface area contributed by atoms with Crippen molar-refractivity contribution in [2.75, 3.05) is 31.6 Å². The zero-order chi connectivity index (χ0) is 19.6. The number of likely N-dealkylation sites (tertiary alicyclic amines) is 1. The lowest BCUT2D eigenvalue weighted by molar-refractivity contribution is 0.0525. The molecule has 1 atom stereocenters. The second kappa shape index (κ2) is 11.2. The van der Waals surface area contributed by atoms with E-state index in [0.717, 1.165) is 36.8 Å². The van der Waals surface area contributed by atoms with Gasteiger partial charge in [0, 0.05) is 24.8 Å². The summed E-state index contributed by atoms with van der Waals surface area (Å²) in [6, 6.07) is 6.28. The number of nitrogens with one attached hydrogen (secondary N) is 2. The van der Waals surface area contributed by atoms with Crippen LogP contribution in [0.1, 0.15) is 61.9 Å². The number of esters is 1. The van der Waals surface area contributed by atoms with E-state index in [1.54, 1.807) is 13.0 Å². The van der Waals surface area contributed by atoms with Crippen molar-refractivity contribution in [2.45, 2.75) is 58.9 Å². The van der Waals surface area contributed by atoms with Crippen LogP contribution >= 0.6 is 12.2 Å². The maximum absolute atomic E-state index is 12.0. The third kappa shape index (κ3) is 6.47. The molecule has 2 N–H and O–H groups in total. The van der Waals surface area contributed by atoms with Gasteiger partial charge in [0.25, 0.3) is 0 Å². The summed E-state index contributed by atoms with van der Waals surface area (Å²) in [5, 5.41) is 7.07. The SMILES string of the molecule is CCOC(=O)c1cccc(NC(=S)NCCCN2CCCC[C@H]2CC)c1C. The molecule has 6 heteroatoms. The normalized spacial score (nSPS) is 17.4. The van der Waals surface area contributed by atoms with Crippen molar-refractivity contribution in [3.63, 3.8) is 0 Å². The minimum atomic E-state index is -0.301. The van der Waals surface area contributed by atoms with Crippen LogP contribution in [0.5, 0.6) is 0 Å². The van der Waals surface area contributed by atoms with Gasteiger partial charge in [-0.25, -0.2) is 4.79 Å². The van der Waals surface area contributed by atoms with E-state index in [9.17, 15) is 4.79 Å². The second-order valence-electron chi connectivity index (χ2n) is 7.03. The van der Waals surface area contributed by atoms with Crippen LogP contribution in [0.25, 0.3) is 0 Å². The highest BCUT2D eigenvalue weighted by molar-refractivity contribution is 7.80. The molecule has 0 spiro atoms. The van der Waals surface area contributed by atoms with Crippen LogP contribution in [0.2, 0.25) is 0 Å². The lowest BCUT2D eigenvalue weighted by Crippen LogP contribution is -2.41. The molecule has 150 valence electrons. The number of carbonyl (C=O) groups excluding carboxylic acids is 1.